The zero-order valence-electron chi connectivity index (χ0n) is 13.5. The van der Waals surface area contributed by atoms with Crippen LogP contribution in [-0.2, 0) is 0 Å². The molecule has 0 radical (unpaired) electrons. The monoisotopic (exact) mass is 321 g/mol. The average Bonchev–Trinajstić information content (AvgIpc) is 2.64. The average molecular weight is 321 g/mol. The van der Waals surface area contributed by atoms with Crippen LogP contribution in [0.5, 0.6) is 5.75 Å². The molecular weight excluding hydrogens is 302 g/mol. The van der Waals surface area contributed by atoms with Gasteiger partial charge in [0.15, 0.2) is 5.57 Å². The Morgan fingerprint density at radius 3 is 2.42 bits per heavy atom. The number of piperidine rings is 1. The summed E-state index contributed by atoms with van der Waals surface area (Å²) < 4.78 is 5.83. The third-order valence-electron chi connectivity index (χ3n) is 3.85. The molecule has 0 atom stereocenters. The molecule has 1 aromatic carbocycles. The highest BCUT2D eigenvalue weighted by atomic mass is 16.5. The van der Waals surface area contributed by atoms with Crippen LogP contribution in [0.15, 0.2) is 35.5 Å². The van der Waals surface area contributed by atoms with E-state index in [2.05, 4.69) is 10.2 Å². The number of nitrogens with one attached hydrogen (secondary N) is 1. The van der Waals surface area contributed by atoms with Crippen LogP contribution in [0.3, 0.4) is 0 Å². The van der Waals surface area contributed by atoms with Crippen molar-refractivity contribution in [2.45, 2.75) is 19.3 Å². The molecule has 0 bridgehead atoms. The predicted molar refractivity (Wildman–Crippen MR) is 89.7 cm³/mol. The first-order valence-electron chi connectivity index (χ1n) is 7.94. The summed E-state index contributed by atoms with van der Waals surface area (Å²) in [5.74, 6) is 0.595. The van der Waals surface area contributed by atoms with Gasteiger partial charge >= 0.3 is 0 Å². The van der Waals surface area contributed by atoms with Gasteiger partial charge in [-0.25, -0.2) is 0 Å². The number of nitriles is 3. The van der Waals surface area contributed by atoms with Crippen molar-refractivity contribution in [2.75, 3.05) is 31.6 Å². The standard InChI is InChI=1S/C18H19N5O/c19-12-15(13-20)17(14-21)22-16-6-2-3-7-18(16)24-11-10-23-8-4-1-5-9-23/h2-3,6-7,22H,1,4-5,8-11H2. The normalized spacial score (nSPS) is 13.9. The van der Waals surface area contributed by atoms with Crippen molar-refractivity contribution in [1.82, 2.24) is 4.90 Å². The van der Waals surface area contributed by atoms with Crippen LogP contribution in [0.1, 0.15) is 19.3 Å². The second-order valence-corrected chi connectivity index (χ2v) is 5.46. The molecule has 6 nitrogen and oxygen atoms in total. The number of hydrogen-bond donors (Lipinski definition) is 1. The molecule has 0 saturated carbocycles. The number of para-hydroxylation sites is 2. The molecule has 0 spiro atoms. The fourth-order valence-electron chi connectivity index (χ4n) is 2.58. The van der Waals surface area contributed by atoms with Gasteiger partial charge in [-0.3, -0.25) is 4.90 Å². The van der Waals surface area contributed by atoms with E-state index in [1.807, 2.05) is 12.1 Å². The highest BCUT2D eigenvalue weighted by molar-refractivity contribution is 5.64. The summed E-state index contributed by atoms with van der Waals surface area (Å²) >= 11 is 0. The Kier molecular flexibility index (Phi) is 6.65. The fraction of sp³-hybridized carbons (Fsp3) is 0.389. The number of allylic oxidation sites excluding steroid dienone is 2. The molecule has 0 aliphatic carbocycles. The molecule has 1 fully saturated rings. The Labute approximate surface area is 142 Å². The number of ether oxygens (including phenoxy) is 1. The zero-order valence-corrected chi connectivity index (χ0v) is 13.5. The Bertz CT molecular complexity index is 698. The van der Waals surface area contributed by atoms with Gasteiger partial charge in [-0.15, -0.1) is 0 Å². The van der Waals surface area contributed by atoms with E-state index in [0.29, 0.717) is 18.0 Å². The van der Waals surface area contributed by atoms with Gasteiger partial charge in [-0.05, 0) is 38.1 Å². The van der Waals surface area contributed by atoms with Gasteiger partial charge in [0.05, 0.1) is 5.69 Å². The van der Waals surface area contributed by atoms with Crippen molar-refractivity contribution >= 4 is 5.69 Å². The lowest BCUT2D eigenvalue weighted by Gasteiger charge is -2.26. The van der Waals surface area contributed by atoms with Gasteiger partial charge in [0.25, 0.3) is 0 Å². The Hall–Kier alpha value is -3.01. The smallest absolute Gasteiger partial charge is 0.163 e. The van der Waals surface area contributed by atoms with Gasteiger partial charge < -0.3 is 10.1 Å². The molecule has 1 aliphatic rings. The molecule has 1 N–H and O–H groups in total. The molecule has 24 heavy (non-hydrogen) atoms. The van der Waals surface area contributed by atoms with Crippen molar-refractivity contribution in [3.63, 3.8) is 0 Å². The maximum Gasteiger partial charge on any atom is 0.163 e. The van der Waals surface area contributed by atoms with Crippen LogP contribution < -0.4 is 10.1 Å². The zero-order chi connectivity index (χ0) is 17.2. The third-order valence-corrected chi connectivity index (χ3v) is 3.85. The molecule has 0 unspecified atom stereocenters. The Balaban J connectivity index is 2.02. The lowest BCUT2D eigenvalue weighted by molar-refractivity contribution is 0.184. The summed E-state index contributed by atoms with van der Waals surface area (Å²) in [7, 11) is 0. The van der Waals surface area contributed by atoms with E-state index in [1.165, 1.54) is 19.3 Å². The molecule has 1 aliphatic heterocycles. The molecule has 1 heterocycles. The summed E-state index contributed by atoms with van der Waals surface area (Å²) in [5.41, 5.74) is 0.239. The highest BCUT2D eigenvalue weighted by Gasteiger charge is 2.12. The summed E-state index contributed by atoms with van der Waals surface area (Å²) in [6.45, 7) is 3.63. The van der Waals surface area contributed by atoms with E-state index in [0.717, 1.165) is 19.6 Å². The van der Waals surface area contributed by atoms with Crippen molar-refractivity contribution in [1.29, 1.82) is 15.8 Å². The maximum atomic E-state index is 9.14. The van der Waals surface area contributed by atoms with E-state index in [-0.39, 0.29) is 11.3 Å². The summed E-state index contributed by atoms with van der Waals surface area (Å²) in [4.78, 5) is 2.38. The molecule has 1 saturated heterocycles. The van der Waals surface area contributed by atoms with Gasteiger partial charge in [0.1, 0.15) is 36.3 Å². The summed E-state index contributed by atoms with van der Waals surface area (Å²) in [5, 5.41) is 29.8. The van der Waals surface area contributed by atoms with E-state index >= 15 is 0 Å². The number of nitrogens with zero attached hydrogens (tertiary/aromatic N) is 4. The number of benzene rings is 1. The van der Waals surface area contributed by atoms with Crippen LogP contribution >= 0.6 is 0 Å². The number of rotatable bonds is 6. The summed E-state index contributed by atoms with van der Waals surface area (Å²) in [6.07, 6.45) is 3.77. The van der Waals surface area contributed by atoms with Gasteiger partial charge in [-0.1, -0.05) is 18.6 Å². The van der Waals surface area contributed by atoms with Crippen LogP contribution in [-0.4, -0.2) is 31.1 Å². The molecule has 0 amide bonds. The first-order valence-corrected chi connectivity index (χ1v) is 7.94. The molecule has 122 valence electrons. The first kappa shape index (κ1) is 17.3. The Morgan fingerprint density at radius 1 is 1.04 bits per heavy atom. The van der Waals surface area contributed by atoms with Crippen LogP contribution in [0.2, 0.25) is 0 Å². The molecular formula is C18H19N5O. The summed E-state index contributed by atoms with van der Waals surface area (Å²) in [6, 6.07) is 12.5. The molecule has 2 rings (SSSR count). The Morgan fingerprint density at radius 2 is 1.75 bits per heavy atom. The largest absolute Gasteiger partial charge is 0.490 e. The third kappa shape index (κ3) is 4.74. The van der Waals surface area contributed by atoms with Crippen molar-refractivity contribution in [3.8, 4) is 24.0 Å². The highest BCUT2D eigenvalue weighted by Crippen LogP contribution is 2.25. The fourth-order valence-corrected chi connectivity index (χ4v) is 2.58. The van der Waals surface area contributed by atoms with Crippen LogP contribution in [0.25, 0.3) is 0 Å². The van der Waals surface area contributed by atoms with E-state index in [1.54, 1.807) is 30.3 Å². The lowest BCUT2D eigenvalue weighted by atomic mass is 10.1. The second kappa shape index (κ2) is 9.20. The minimum Gasteiger partial charge on any atom is -0.490 e. The predicted octanol–water partition coefficient (Wildman–Crippen LogP) is 2.79. The molecule has 0 aromatic heterocycles. The second-order valence-electron chi connectivity index (χ2n) is 5.46. The number of anilines is 1. The maximum absolute atomic E-state index is 9.14. The topological polar surface area (TPSA) is 95.9 Å². The minimum atomic E-state index is -0.249. The number of likely N-dealkylation sites (tertiary alicyclic amines) is 1. The van der Waals surface area contributed by atoms with Crippen molar-refractivity contribution in [3.05, 3.63) is 35.5 Å². The van der Waals surface area contributed by atoms with Crippen molar-refractivity contribution in [2.24, 2.45) is 0 Å². The molecule has 1 aromatic rings. The van der Waals surface area contributed by atoms with Gasteiger partial charge in [0.2, 0.25) is 0 Å². The van der Waals surface area contributed by atoms with E-state index in [4.69, 9.17) is 20.5 Å². The quantitative estimate of drug-likeness (QED) is 0.809. The minimum absolute atomic E-state index is 0.0768. The van der Waals surface area contributed by atoms with Gasteiger partial charge in [-0.2, -0.15) is 15.8 Å². The first-order chi connectivity index (χ1) is 11.8. The number of hydrogen-bond acceptors (Lipinski definition) is 6. The van der Waals surface area contributed by atoms with Gasteiger partial charge in [0, 0.05) is 6.54 Å². The van der Waals surface area contributed by atoms with Crippen molar-refractivity contribution < 1.29 is 4.74 Å². The van der Waals surface area contributed by atoms with Crippen LogP contribution in [0.4, 0.5) is 5.69 Å². The SMILES string of the molecule is N#CC(C#N)=C(C#N)Nc1ccccc1OCCN1CCCCC1. The van der Waals surface area contributed by atoms with E-state index < -0.39 is 0 Å². The lowest BCUT2D eigenvalue weighted by Crippen LogP contribution is -2.33. The van der Waals surface area contributed by atoms with E-state index in [9.17, 15) is 0 Å². The van der Waals surface area contributed by atoms with Crippen LogP contribution in [0, 0.1) is 34.0 Å². The molecule has 6 heteroatoms.